The van der Waals surface area contributed by atoms with Gasteiger partial charge in [0.25, 0.3) is 0 Å². The average Bonchev–Trinajstić information content (AvgIpc) is 2.80. The van der Waals surface area contributed by atoms with Crippen LogP contribution in [0.4, 0.5) is 4.39 Å². The van der Waals surface area contributed by atoms with Gasteiger partial charge in [-0.25, -0.2) is 9.18 Å². The quantitative estimate of drug-likeness (QED) is 0.855. The van der Waals surface area contributed by atoms with Crippen molar-refractivity contribution in [2.45, 2.75) is 9.96 Å². The average molecular weight is 268 g/mol. The molecule has 1 aromatic heterocycles. The fraction of sp³-hybridized carbons (Fsp3) is 0.0833. The smallest absolute Gasteiger partial charge is 0.338 e. The lowest BCUT2D eigenvalue weighted by molar-refractivity contribution is 0.0692. The van der Waals surface area contributed by atoms with Crippen LogP contribution in [-0.2, 0) is 5.75 Å². The van der Waals surface area contributed by atoms with Crippen molar-refractivity contribution in [1.29, 1.82) is 0 Å². The lowest BCUT2D eigenvalue weighted by Gasteiger charge is -2.02. The van der Waals surface area contributed by atoms with Crippen molar-refractivity contribution >= 4 is 29.1 Å². The first-order valence-electron chi connectivity index (χ1n) is 4.85. The van der Waals surface area contributed by atoms with E-state index in [1.54, 1.807) is 29.2 Å². The molecule has 1 N–H and O–H groups in total. The van der Waals surface area contributed by atoms with Crippen molar-refractivity contribution in [1.82, 2.24) is 0 Å². The van der Waals surface area contributed by atoms with Crippen LogP contribution in [0.25, 0.3) is 0 Å². The molecule has 0 saturated carbocycles. The second kappa shape index (κ2) is 5.33. The molecule has 88 valence electrons. The molecule has 0 bridgehead atoms. The zero-order valence-electron chi connectivity index (χ0n) is 8.72. The summed E-state index contributed by atoms with van der Waals surface area (Å²) in [5.74, 6) is -1.28. The van der Waals surface area contributed by atoms with Gasteiger partial charge in [0.05, 0.1) is 9.77 Å². The van der Waals surface area contributed by atoms with E-state index < -0.39 is 11.8 Å². The highest BCUT2D eigenvalue weighted by molar-refractivity contribution is 8.00. The molecule has 0 radical (unpaired) electrons. The van der Waals surface area contributed by atoms with Crippen molar-refractivity contribution in [3.8, 4) is 0 Å². The van der Waals surface area contributed by atoms with Gasteiger partial charge in [-0.15, -0.1) is 23.1 Å². The molecule has 0 aliphatic rings. The van der Waals surface area contributed by atoms with Crippen molar-refractivity contribution in [2.75, 3.05) is 0 Å². The van der Waals surface area contributed by atoms with E-state index in [1.165, 1.54) is 12.1 Å². The van der Waals surface area contributed by atoms with Gasteiger partial charge in [0, 0.05) is 5.75 Å². The predicted molar refractivity (Wildman–Crippen MR) is 67.2 cm³/mol. The number of carboxylic acids is 1. The Morgan fingerprint density at radius 1 is 1.41 bits per heavy atom. The molecular formula is C12H9FO2S2. The largest absolute Gasteiger partial charge is 0.478 e. The molecule has 5 heteroatoms. The third-order valence-electron chi connectivity index (χ3n) is 2.14. The molecular weight excluding hydrogens is 259 g/mol. The summed E-state index contributed by atoms with van der Waals surface area (Å²) in [5, 5.41) is 10.8. The van der Waals surface area contributed by atoms with Crippen molar-refractivity contribution in [3.05, 3.63) is 52.7 Å². The summed E-state index contributed by atoms with van der Waals surface area (Å²) >= 11 is 3.24. The minimum Gasteiger partial charge on any atom is -0.478 e. The van der Waals surface area contributed by atoms with Gasteiger partial charge in [0.2, 0.25) is 0 Å². The van der Waals surface area contributed by atoms with Gasteiger partial charge < -0.3 is 5.11 Å². The van der Waals surface area contributed by atoms with Crippen molar-refractivity contribution in [3.63, 3.8) is 0 Å². The van der Waals surface area contributed by atoms with Gasteiger partial charge in [0.1, 0.15) is 5.82 Å². The summed E-state index contributed by atoms with van der Waals surface area (Å²) < 4.78 is 14.3. The van der Waals surface area contributed by atoms with Crippen LogP contribution >= 0.6 is 23.1 Å². The predicted octanol–water partition coefficient (Wildman–Crippen LogP) is 3.88. The van der Waals surface area contributed by atoms with Crippen LogP contribution < -0.4 is 0 Å². The van der Waals surface area contributed by atoms with E-state index >= 15 is 0 Å². The first-order valence-corrected chi connectivity index (χ1v) is 6.71. The van der Waals surface area contributed by atoms with E-state index in [1.807, 2.05) is 17.5 Å². The highest BCUT2D eigenvalue weighted by Crippen LogP contribution is 2.27. The third kappa shape index (κ3) is 3.08. The van der Waals surface area contributed by atoms with Gasteiger partial charge >= 0.3 is 5.97 Å². The maximum atomic E-state index is 13.1. The first-order chi connectivity index (χ1) is 8.16. The molecule has 1 aromatic carbocycles. The standard InChI is InChI=1S/C12H9FO2S2/c13-10-4-3-8(6-9(10)12(14)15)7-17-11-2-1-5-16-11/h1-6H,7H2,(H,14,15). The number of thiophene rings is 1. The fourth-order valence-corrected chi connectivity index (χ4v) is 3.05. The van der Waals surface area contributed by atoms with Gasteiger partial charge in [-0.1, -0.05) is 12.1 Å². The molecule has 2 rings (SSSR count). The molecule has 2 aromatic rings. The zero-order valence-corrected chi connectivity index (χ0v) is 10.4. The Morgan fingerprint density at radius 2 is 2.24 bits per heavy atom. The Hall–Kier alpha value is -1.33. The van der Waals surface area contributed by atoms with E-state index in [9.17, 15) is 9.18 Å². The highest BCUT2D eigenvalue weighted by Gasteiger charge is 2.10. The van der Waals surface area contributed by atoms with E-state index in [0.717, 1.165) is 9.77 Å². The van der Waals surface area contributed by atoms with Crippen molar-refractivity contribution < 1.29 is 14.3 Å². The number of carbonyl (C=O) groups is 1. The minimum absolute atomic E-state index is 0.269. The molecule has 1 heterocycles. The van der Waals surface area contributed by atoms with Crippen LogP contribution in [0.3, 0.4) is 0 Å². The summed E-state index contributed by atoms with van der Waals surface area (Å²) in [5.41, 5.74) is 0.538. The molecule has 17 heavy (non-hydrogen) atoms. The van der Waals surface area contributed by atoms with Crippen LogP contribution in [-0.4, -0.2) is 11.1 Å². The summed E-state index contributed by atoms with van der Waals surface area (Å²) in [6.07, 6.45) is 0. The van der Waals surface area contributed by atoms with Gasteiger partial charge in [0.15, 0.2) is 0 Å². The number of rotatable bonds is 4. The fourth-order valence-electron chi connectivity index (χ4n) is 1.33. The molecule has 0 amide bonds. The second-order valence-electron chi connectivity index (χ2n) is 3.34. The molecule has 0 saturated heterocycles. The van der Waals surface area contributed by atoms with E-state index in [0.29, 0.717) is 5.75 Å². The molecule has 0 spiro atoms. The SMILES string of the molecule is O=C(O)c1cc(CSc2cccs2)ccc1F. The first kappa shape index (κ1) is 12.1. The van der Waals surface area contributed by atoms with Crippen LogP contribution in [0.1, 0.15) is 15.9 Å². The Kier molecular flexibility index (Phi) is 3.81. The molecule has 2 nitrogen and oxygen atoms in total. The number of thioether (sulfide) groups is 1. The molecule has 0 atom stereocenters. The highest BCUT2D eigenvalue weighted by atomic mass is 32.2. The maximum absolute atomic E-state index is 13.1. The van der Waals surface area contributed by atoms with Gasteiger partial charge in [-0.05, 0) is 29.1 Å². The minimum atomic E-state index is -1.23. The van der Waals surface area contributed by atoms with Crippen LogP contribution in [0, 0.1) is 5.82 Å². The van der Waals surface area contributed by atoms with E-state index in [4.69, 9.17) is 5.11 Å². The topological polar surface area (TPSA) is 37.3 Å². The second-order valence-corrected chi connectivity index (χ2v) is 5.56. The van der Waals surface area contributed by atoms with Gasteiger partial charge in [-0.3, -0.25) is 0 Å². The van der Waals surface area contributed by atoms with Gasteiger partial charge in [-0.2, -0.15) is 0 Å². The number of hydrogen-bond acceptors (Lipinski definition) is 3. The van der Waals surface area contributed by atoms with Crippen LogP contribution in [0.15, 0.2) is 39.9 Å². The molecule has 0 aliphatic carbocycles. The van der Waals surface area contributed by atoms with Crippen LogP contribution in [0.2, 0.25) is 0 Å². The normalized spacial score (nSPS) is 10.4. The number of benzene rings is 1. The zero-order chi connectivity index (χ0) is 12.3. The monoisotopic (exact) mass is 268 g/mol. The number of hydrogen-bond donors (Lipinski definition) is 1. The Bertz CT molecular complexity index is 523. The number of carboxylic acid groups (broad SMARTS) is 1. The molecule has 0 fully saturated rings. The third-order valence-corrected chi connectivity index (χ3v) is 4.34. The van der Waals surface area contributed by atoms with E-state index in [2.05, 4.69) is 0 Å². The Morgan fingerprint density at radius 3 is 2.88 bits per heavy atom. The lowest BCUT2D eigenvalue weighted by Crippen LogP contribution is -2.01. The molecule has 0 aliphatic heterocycles. The number of aromatic carboxylic acids is 1. The summed E-state index contributed by atoms with van der Waals surface area (Å²) in [4.78, 5) is 10.8. The van der Waals surface area contributed by atoms with Crippen LogP contribution in [0.5, 0.6) is 0 Å². The summed E-state index contributed by atoms with van der Waals surface area (Å²) in [6, 6.07) is 8.16. The number of halogens is 1. The lowest BCUT2D eigenvalue weighted by atomic mass is 10.1. The summed E-state index contributed by atoms with van der Waals surface area (Å²) in [6.45, 7) is 0. The Labute approximate surface area is 106 Å². The Balaban J connectivity index is 2.11. The summed E-state index contributed by atoms with van der Waals surface area (Å²) in [7, 11) is 0. The van der Waals surface area contributed by atoms with E-state index in [-0.39, 0.29) is 5.56 Å². The maximum Gasteiger partial charge on any atom is 0.338 e. The molecule has 0 unspecified atom stereocenters. The van der Waals surface area contributed by atoms with Crippen molar-refractivity contribution in [2.24, 2.45) is 0 Å².